The number of hydrogen-bond donors (Lipinski definition) is 0. The van der Waals surface area contributed by atoms with E-state index < -0.39 is 12.1 Å². The molecule has 0 saturated carbocycles. The Labute approximate surface area is 210 Å². The van der Waals surface area contributed by atoms with Crippen LogP contribution < -0.4 is 4.74 Å². The summed E-state index contributed by atoms with van der Waals surface area (Å²) in [7, 11) is 0. The van der Waals surface area contributed by atoms with E-state index in [1.54, 1.807) is 30.3 Å². The monoisotopic (exact) mass is 490 g/mol. The molecule has 0 bridgehead atoms. The van der Waals surface area contributed by atoms with Gasteiger partial charge in [-0.2, -0.15) is 0 Å². The van der Waals surface area contributed by atoms with Crippen LogP contribution in [0.1, 0.15) is 65.4 Å². The second-order valence-corrected chi connectivity index (χ2v) is 8.57. The first kappa shape index (κ1) is 30.4. The van der Waals surface area contributed by atoms with Gasteiger partial charge >= 0.3 is 12.1 Å². The van der Waals surface area contributed by atoms with Crippen LogP contribution in [0.15, 0.2) is 42.0 Å². The Morgan fingerprint density at radius 1 is 0.914 bits per heavy atom. The Bertz CT molecular complexity index is 781. The van der Waals surface area contributed by atoms with Gasteiger partial charge in [0.05, 0.1) is 26.4 Å². The highest BCUT2D eigenvalue weighted by Crippen LogP contribution is 2.20. The molecule has 0 aliphatic heterocycles. The van der Waals surface area contributed by atoms with Crippen molar-refractivity contribution in [2.45, 2.75) is 59.8 Å². The van der Waals surface area contributed by atoms with Gasteiger partial charge in [-0.25, -0.2) is 9.59 Å². The molecular weight excluding hydrogens is 448 g/mol. The smallest absolute Gasteiger partial charge is 0.460 e. The molecule has 0 spiro atoms. The Balaban J connectivity index is 2.32. The lowest BCUT2D eigenvalue weighted by Crippen LogP contribution is -2.13. The van der Waals surface area contributed by atoms with Crippen LogP contribution in [0.4, 0.5) is 4.79 Å². The van der Waals surface area contributed by atoms with Crippen LogP contribution in [-0.4, -0.2) is 51.8 Å². The van der Waals surface area contributed by atoms with Crippen LogP contribution in [0.5, 0.6) is 5.75 Å². The third kappa shape index (κ3) is 16.6. The third-order valence-electron chi connectivity index (χ3n) is 5.04. The number of ether oxygens (including phenoxy) is 5. The van der Waals surface area contributed by atoms with Gasteiger partial charge in [0.25, 0.3) is 0 Å². The maximum atomic E-state index is 12.1. The number of carbonyl (C=O) groups excluding carboxylic acids is 2. The summed E-state index contributed by atoms with van der Waals surface area (Å²) < 4.78 is 26.4. The van der Waals surface area contributed by atoms with E-state index in [0.29, 0.717) is 43.7 Å². The standard InChI is InChI=1S/C28H42O7/c1-5-6-17-31-19-20-32-21-22-33-27(29)15-14-25-12-7-8-13-26(25)35-28(30)34-18-16-24(4)11-9-10-23(2)3/h7-8,10,12-15,24H,5-6,9,11,16-22H2,1-4H3. The second kappa shape index (κ2) is 19.6. The van der Waals surface area contributed by atoms with E-state index in [-0.39, 0.29) is 6.61 Å². The summed E-state index contributed by atoms with van der Waals surface area (Å²) >= 11 is 0. The fraction of sp³-hybridized carbons (Fsp3) is 0.571. The SMILES string of the molecule is CCCCOCCOCCOC(=O)C=Cc1ccccc1OC(=O)OCCC(C)CCC=C(C)C. The number of unbranched alkanes of at least 4 members (excludes halogenated alkanes) is 1. The Hall–Kier alpha value is -2.64. The van der Waals surface area contributed by atoms with E-state index >= 15 is 0 Å². The van der Waals surface area contributed by atoms with Gasteiger partial charge < -0.3 is 23.7 Å². The van der Waals surface area contributed by atoms with Crippen molar-refractivity contribution in [2.75, 3.05) is 39.6 Å². The van der Waals surface area contributed by atoms with Crippen molar-refractivity contribution >= 4 is 18.2 Å². The van der Waals surface area contributed by atoms with Crippen LogP contribution in [0.25, 0.3) is 6.08 Å². The Kier molecular flexibility index (Phi) is 17.1. The average molecular weight is 491 g/mol. The number of carbonyl (C=O) groups is 2. The molecule has 0 saturated heterocycles. The molecule has 1 atom stereocenters. The lowest BCUT2D eigenvalue weighted by Gasteiger charge is -2.11. The minimum Gasteiger partial charge on any atom is -0.460 e. The van der Waals surface area contributed by atoms with Crippen molar-refractivity contribution < 1.29 is 33.3 Å². The summed E-state index contributed by atoms with van der Waals surface area (Å²) in [5.74, 6) is 0.251. The molecule has 0 N–H and O–H groups in total. The molecule has 0 aromatic heterocycles. The molecule has 35 heavy (non-hydrogen) atoms. The van der Waals surface area contributed by atoms with Gasteiger partial charge in [0.15, 0.2) is 0 Å². The molecule has 0 aliphatic carbocycles. The fourth-order valence-corrected chi connectivity index (χ4v) is 2.95. The fourth-order valence-electron chi connectivity index (χ4n) is 2.95. The maximum absolute atomic E-state index is 12.1. The Morgan fingerprint density at radius 3 is 2.37 bits per heavy atom. The van der Waals surface area contributed by atoms with Gasteiger partial charge in [-0.3, -0.25) is 0 Å². The van der Waals surface area contributed by atoms with Crippen LogP contribution in [0.3, 0.4) is 0 Å². The van der Waals surface area contributed by atoms with Gasteiger partial charge in [0, 0.05) is 18.2 Å². The third-order valence-corrected chi connectivity index (χ3v) is 5.04. The van der Waals surface area contributed by atoms with Gasteiger partial charge in [-0.1, -0.05) is 50.1 Å². The zero-order chi connectivity index (χ0) is 25.7. The molecule has 1 unspecified atom stereocenters. The highest BCUT2D eigenvalue weighted by atomic mass is 16.7. The van der Waals surface area contributed by atoms with Gasteiger partial charge in [0.2, 0.25) is 0 Å². The zero-order valence-corrected chi connectivity index (χ0v) is 21.8. The van der Waals surface area contributed by atoms with Crippen LogP contribution >= 0.6 is 0 Å². The zero-order valence-electron chi connectivity index (χ0n) is 21.8. The minimum atomic E-state index is -0.763. The summed E-state index contributed by atoms with van der Waals surface area (Å²) in [6, 6.07) is 6.91. The number of esters is 1. The summed E-state index contributed by atoms with van der Waals surface area (Å²) in [5, 5.41) is 0. The van der Waals surface area contributed by atoms with Gasteiger partial charge in [-0.05, 0) is 57.6 Å². The largest absolute Gasteiger partial charge is 0.513 e. The Morgan fingerprint density at radius 2 is 1.63 bits per heavy atom. The van der Waals surface area contributed by atoms with E-state index in [9.17, 15) is 9.59 Å². The van der Waals surface area contributed by atoms with Crippen LogP contribution in [0, 0.1) is 5.92 Å². The predicted octanol–water partition coefficient (Wildman–Crippen LogP) is 6.36. The normalized spacial score (nSPS) is 11.8. The van der Waals surface area contributed by atoms with E-state index in [4.69, 9.17) is 23.7 Å². The van der Waals surface area contributed by atoms with Crippen LogP contribution in [-0.2, 0) is 23.7 Å². The first-order chi connectivity index (χ1) is 16.9. The highest BCUT2D eigenvalue weighted by molar-refractivity contribution is 5.87. The molecule has 0 aliphatic rings. The van der Waals surface area contributed by atoms with Crippen molar-refractivity contribution in [3.63, 3.8) is 0 Å². The quantitative estimate of drug-likeness (QED) is 0.0778. The number of benzene rings is 1. The molecule has 1 aromatic carbocycles. The lowest BCUT2D eigenvalue weighted by atomic mass is 10.0. The first-order valence-corrected chi connectivity index (χ1v) is 12.5. The van der Waals surface area contributed by atoms with Crippen molar-refractivity contribution in [1.29, 1.82) is 0 Å². The van der Waals surface area contributed by atoms with E-state index in [2.05, 4.69) is 33.8 Å². The van der Waals surface area contributed by atoms with E-state index in [1.165, 1.54) is 11.6 Å². The molecule has 1 rings (SSSR count). The number of para-hydroxylation sites is 1. The number of hydrogen-bond acceptors (Lipinski definition) is 7. The molecule has 7 heteroatoms. The summed E-state index contributed by atoms with van der Waals surface area (Å²) in [5.41, 5.74) is 1.88. The van der Waals surface area contributed by atoms with Gasteiger partial charge in [0.1, 0.15) is 12.4 Å². The van der Waals surface area contributed by atoms with Gasteiger partial charge in [-0.15, -0.1) is 0 Å². The van der Waals surface area contributed by atoms with Crippen LogP contribution in [0.2, 0.25) is 0 Å². The maximum Gasteiger partial charge on any atom is 0.513 e. The highest BCUT2D eigenvalue weighted by Gasteiger charge is 2.10. The minimum absolute atomic E-state index is 0.148. The molecule has 0 radical (unpaired) electrons. The first-order valence-electron chi connectivity index (χ1n) is 12.5. The predicted molar refractivity (Wildman–Crippen MR) is 137 cm³/mol. The molecule has 0 heterocycles. The van der Waals surface area contributed by atoms with Crippen molar-refractivity contribution in [1.82, 2.24) is 0 Å². The lowest BCUT2D eigenvalue weighted by molar-refractivity contribution is -0.139. The van der Waals surface area contributed by atoms with Crippen molar-refractivity contribution in [3.8, 4) is 5.75 Å². The summed E-state index contributed by atoms with van der Waals surface area (Å²) in [6.07, 6.45) is 9.26. The molecule has 0 fully saturated rings. The van der Waals surface area contributed by atoms with E-state index in [0.717, 1.165) is 38.7 Å². The molecule has 196 valence electrons. The molecule has 1 aromatic rings. The number of allylic oxidation sites excluding steroid dienone is 2. The number of rotatable bonds is 18. The summed E-state index contributed by atoms with van der Waals surface area (Å²) in [4.78, 5) is 24.0. The molecular formula is C28H42O7. The van der Waals surface area contributed by atoms with Crippen molar-refractivity contribution in [2.24, 2.45) is 5.92 Å². The van der Waals surface area contributed by atoms with Crippen molar-refractivity contribution in [3.05, 3.63) is 47.6 Å². The topological polar surface area (TPSA) is 80.3 Å². The second-order valence-electron chi connectivity index (χ2n) is 8.57. The molecule has 7 nitrogen and oxygen atoms in total. The van der Waals surface area contributed by atoms with E-state index in [1.807, 2.05) is 0 Å². The summed E-state index contributed by atoms with van der Waals surface area (Å²) in [6.45, 7) is 10.9. The average Bonchev–Trinajstić information content (AvgIpc) is 2.82. The molecule has 0 amide bonds.